The monoisotopic (exact) mass is 377 g/mol. The van der Waals surface area contributed by atoms with Crippen molar-refractivity contribution < 1.29 is 9.59 Å². The number of rotatable bonds is 16. The normalized spacial score (nSPS) is 16.4. The number of hydrogen-bond acceptors (Lipinski definition) is 2. The zero-order chi connectivity index (χ0) is 19.9. The summed E-state index contributed by atoms with van der Waals surface area (Å²) < 4.78 is 0. The summed E-state index contributed by atoms with van der Waals surface area (Å²) in [6.07, 6.45) is 20.4. The number of unbranched alkanes of at least 4 members (excludes halogenated alkanes) is 11. The van der Waals surface area contributed by atoms with Crippen molar-refractivity contribution in [1.29, 1.82) is 0 Å². The minimum Gasteiger partial charge on any atom is -0.275 e. The maximum atomic E-state index is 12.2. The minimum absolute atomic E-state index is 0.00122. The summed E-state index contributed by atoms with van der Waals surface area (Å²) in [4.78, 5) is 26.1. The fourth-order valence-corrected chi connectivity index (χ4v) is 4.01. The molecule has 1 rings (SSSR count). The van der Waals surface area contributed by atoms with Crippen LogP contribution in [0.5, 0.6) is 0 Å². The molecule has 0 aromatic rings. The van der Waals surface area contributed by atoms with E-state index in [-0.39, 0.29) is 17.9 Å². The van der Waals surface area contributed by atoms with E-state index in [2.05, 4.69) is 26.8 Å². The second-order valence-electron chi connectivity index (χ2n) is 8.23. The van der Waals surface area contributed by atoms with Crippen LogP contribution in [0.4, 0.5) is 0 Å². The number of carbonyl (C=O) groups excluding carboxylic acids is 2. The Morgan fingerprint density at radius 1 is 0.815 bits per heavy atom. The molecule has 156 valence electrons. The van der Waals surface area contributed by atoms with Crippen LogP contribution in [0.1, 0.15) is 124 Å². The van der Waals surface area contributed by atoms with Crippen molar-refractivity contribution in [1.82, 2.24) is 4.90 Å². The van der Waals surface area contributed by atoms with Gasteiger partial charge in [0.2, 0.25) is 11.8 Å². The molecular weight excluding hydrogens is 334 g/mol. The summed E-state index contributed by atoms with van der Waals surface area (Å²) in [6, 6.07) is -0.00122. The third-order valence-corrected chi connectivity index (χ3v) is 5.78. The van der Waals surface area contributed by atoms with Crippen LogP contribution in [-0.4, -0.2) is 22.8 Å². The molecule has 1 atom stereocenters. The van der Waals surface area contributed by atoms with Gasteiger partial charge in [0.1, 0.15) is 0 Å². The average Bonchev–Trinajstić information content (AvgIpc) is 2.99. The van der Waals surface area contributed by atoms with Gasteiger partial charge in [-0.15, -0.1) is 0 Å². The highest BCUT2D eigenvalue weighted by Crippen LogP contribution is 2.25. The minimum atomic E-state index is -0.00122. The summed E-state index contributed by atoms with van der Waals surface area (Å²) in [5.74, 6) is 0.0597. The van der Waals surface area contributed by atoms with Gasteiger partial charge in [0.25, 0.3) is 0 Å². The Labute approximate surface area is 168 Å². The fraction of sp³-hybridized carbons (Fsp3) is 0.833. The van der Waals surface area contributed by atoms with Crippen LogP contribution in [0.25, 0.3) is 0 Å². The first-order valence-electron chi connectivity index (χ1n) is 11.6. The molecule has 0 saturated carbocycles. The van der Waals surface area contributed by atoms with Gasteiger partial charge in [-0.25, -0.2) is 0 Å². The predicted molar refractivity (Wildman–Crippen MR) is 115 cm³/mol. The van der Waals surface area contributed by atoms with E-state index in [0.29, 0.717) is 12.8 Å². The van der Waals surface area contributed by atoms with Crippen molar-refractivity contribution >= 4 is 11.8 Å². The highest BCUT2D eigenvalue weighted by Gasteiger charge is 2.35. The van der Waals surface area contributed by atoms with Crippen LogP contribution in [0.15, 0.2) is 11.6 Å². The van der Waals surface area contributed by atoms with Gasteiger partial charge in [-0.05, 0) is 26.2 Å². The van der Waals surface area contributed by atoms with Gasteiger partial charge >= 0.3 is 0 Å². The number of likely N-dealkylation sites (tertiary alicyclic amines) is 1. The molecule has 0 aromatic heterocycles. The van der Waals surface area contributed by atoms with E-state index in [0.717, 1.165) is 19.3 Å². The van der Waals surface area contributed by atoms with Crippen LogP contribution < -0.4 is 0 Å². The molecule has 3 heteroatoms. The Bertz CT molecular complexity index is 439. The van der Waals surface area contributed by atoms with Crippen LogP contribution in [0.3, 0.4) is 0 Å². The molecule has 0 aliphatic carbocycles. The molecule has 1 unspecified atom stereocenters. The molecule has 0 bridgehead atoms. The Kier molecular flexibility index (Phi) is 13.2. The number of allylic oxidation sites excluding steroid dienone is 1. The number of hydrogen-bond donors (Lipinski definition) is 0. The van der Waals surface area contributed by atoms with Gasteiger partial charge < -0.3 is 0 Å². The van der Waals surface area contributed by atoms with E-state index in [1.54, 1.807) is 4.90 Å². The van der Waals surface area contributed by atoms with Gasteiger partial charge in [-0.3, -0.25) is 14.5 Å². The fourth-order valence-electron chi connectivity index (χ4n) is 4.01. The molecule has 0 radical (unpaired) electrons. The topological polar surface area (TPSA) is 37.4 Å². The largest absolute Gasteiger partial charge is 0.275 e. The van der Waals surface area contributed by atoms with Crippen LogP contribution in [0.2, 0.25) is 0 Å². The van der Waals surface area contributed by atoms with Crippen molar-refractivity contribution in [3.63, 3.8) is 0 Å². The number of nitrogens with zero attached hydrogens (tertiary/aromatic N) is 1. The highest BCUT2D eigenvalue weighted by atomic mass is 16.2. The van der Waals surface area contributed by atoms with Crippen molar-refractivity contribution in [2.75, 3.05) is 0 Å². The lowest BCUT2D eigenvalue weighted by Crippen LogP contribution is -2.40. The molecule has 1 fully saturated rings. The van der Waals surface area contributed by atoms with Crippen molar-refractivity contribution in [2.24, 2.45) is 0 Å². The van der Waals surface area contributed by atoms with E-state index in [9.17, 15) is 9.59 Å². The van der Waals surface area contributed by atoms with Crippen LogP contribution in [0, 0.1) is 0 Å². The number of carbonyl (C=O) groups is 2. The first-order chi connectivity index (χ1) is 13.1. The summed E-state index contributed by atoms with van der Waals surface area (Å²) in [5, 5.41) is 0. The molecule has 0 aromatic carbocycles. The molecule has 1 saturated heterocycles. The molecule has 2 amide bonds. The lowest BCUT2D eigenvalue weighted by Gasteiger charge is -2.27. The SMILES string of the molecule is CCCCC/C=C(\C)C(CCCCCCCCCCC)N1C(=O)CCC1=O. The Morgan fingerprint density at radius 3 is 1.85 bits per heavy atom. The Morgan fingerprint density at radius 2 is 1.30 bits per heavy atom. The number of imide groups is 1. The lowest BCUT2D eigenvalue weighted by atomic mass is 9.97. The second-order valence-corrected chi connectivity index (χ2v) is 8.23. The van der Waals surface area contributed by atoms with E-state index in [4.69, 9.17) is 0 Å². The van der Waals surface area contributed by atoms with Crippen LogP contribution >= 0.6 is 0 Å². The van der Waals surface area contributed by atoms with Gasteiger partial charge in [-0.1, -0.05) is 96.1 Å². The van der Waals surface area contributed by atoms with Gasteiger partial charge in [0.05, 0.1) is 6.04 Å². The first-order valence-corrected chi connectivity index (χ1v) is 11.6. The quantitative estimate of drug-likeness (QED) is 0.166. The maximum absolute atomic E-state index is 12.2. The van der Waals surface area contributed by atoms with E-state index in [1.165, 1.54) is 76.2 Å². The average molecular weight is 378 g/mol. The Hall–Kier alpha value is -1.12. The van der Waals surface area contributed by atoms with Crippen molar-refractivity contribution in [2.45, 2.75) is 130 Å². The molecule has 3 nitrogen and oxygen atoms in total. The van der Waals surface area contributed by atoms with Gasteiger partial charge in [0, 0.05) is 12.8 Å². The lowest BCUT2D eigenvalue weighted by molar-refractivity contribution is -0.140. The van der Waals surface area contributed by atoms with Crippen molar-refractivity contribution in [3.8, 4) is 0 Å². The van der Waals surface area contributed by atoms with E-state index < -0.39 is 0 Å². The van der Waals surface area contributed by atoms with E-state index in [1.807, 2.05) is 0 Å². The van der Waals surface area contributed by atoms with Crippen molar-refractivity contribution in [3.05, 3.63) is 11.6 Å². The standard InChI is InChI=1S/C24H43NO2/c1-4-6-8-10-11-12-13-14-16-18-22(21(3)17-15-9-7-5-2)25-23(26)19-20-24(25)27/h17,22H,4-16,18-20H2,1-3H3/b21-17+. The highest BCUT2D eigenvalue weighted by molar-refractivity contribution is 6.02. The molecule has 1 aliphatic rings. The zero-order valence-electron chi connectivity index (χ0n) is 18.2. The van der Waals surface area contributed by atoms with Gasteiger partial charge in [0.15, 0.2) is 0 Å². The summed E-state index contributed by atoms with van der Waals surface area (Å²) in [7, 11) is 0. The maximum Gasteiger partial charge on any atom is 0.230 e. The smallest absolute Gasteiger partial charge is 0.230 e. The van der Waals surface area contributed by atoms with E-state index >= 15 is 0 Å². The second kappa shape index (κ2) is 14.9. The molecular formula is C24H43NO2. The summed E-state index contributed by atoms with van der Waals surface area (Å²) in [6.45, 7) is 6.58. The molecule has 0 N–H and O–H groups in total. The first kappa shape index (κ1) is 23.9. The molecule has 1 heterocycles. The Balaban J connectivity index is 2.43. The third-order valence-electron chi connectivity index (χ3n) is 5.78. The molecule has 27 heavy (non-hydrogen) atoms. The summed E-state index contributed by atoms with van der Waals surface area (Å²) >= 11 is 0. The molecule has 0 spiro atoms. The summed E-state index contributed by atoms with van der Waals surface area (Å²) in [5.41, 5.74) is 1.22. The third kappa shape index (κ3) is 9.58. The predicted octanol–water partition coefficient (Wildman–Crippen LogP) is 6.95. The zero-order valence-corrected chi connectivity index (χ0v) is 18.2. The number of amides is 2. The van der Waals surface area contributed by atoms with Gasteiger partial charge in [-0.2, -0.15) is 0 Å². The van der Waals surface area contributed by atoms with Crippen LogP contribution in [-0.2, 0) is 9.59 Å². The molecule has 1 aliphatic heterocycles.